The molecular formula is C25H26N2O14. The summed E-state index contributed by atoms with van der Waals surface area (Å²) < 4.78 is 32.5. The fourth-order valence-electron chi connectivity index (χ4n) is 3.91. The number of barbiturate groups is 1. The van der Waals surface area contributed by atoms with Gasteiger partial charge in [0.1, 0.15) is 18.3 Å². The number of nitrogens with one attached hydrogen (secondary N) is 2. The van der Waals surface area contributed by atoms with Crippen LogP contribution in [0, 0.1) is 0 Å². The molecule has 1 aromatic rings. The average molecular weight is 578 g/mol. The minimum atomic E-state index is -1.60. The Labute approximate surface area is 231 Å². The highest BCUT2D eigenvalue weighted by Crippen LogP contribution is 2.34. The minimum Gasteiger partial charge on any atom is -0.504 e. The number of amides is 4. The number of carbonyl (C=O) groups excluding carboxylic acids is 7. The summed E-state index contributed by atoms with van der Waals surface area (Å²) in [6.45, 7) is 3.83. The van der Waals surface area contributed by atoms with Gasteiger partial charge in [0.05, 0.1) is 0 Å². The molecule has 0 aliphatic carbocycles. The number of rotatable bonds is 8. The van der Waals surface area contributed by atoms with E-state index in [-0.39, 0.29) is 11.3 Å². The highest BCUT2D eigenvalue weighted by molar-refractivity contribution is 6.31. The lowest BCUT2D eigenvalue weighted by Crippen LogP contribution is -2.63. The summed E-state index contributed by atoms with van der Waals surface area (Å²) >= 11 is 0. The van der Waals surface area contributed by atoms with Gasteiger partial charge >= 0.3 is 29.9 Å². The summed E-state index contributed by atoms with van der Waals surface area (Å²) in [6, 6.07) is 2.70. The molecule has 2 aliphatic heterocycles. The number of phenols is 1. The second-order valence-corrected chi connectivity index (χ2v) is 8.71. The maximum atomic E-state index is 12.0. The summed E-state index contributed by atoms with van der Waals surface area (Å²) in [5.41, 5.74) is -0.247. The summed E-state index contributed by atoms with van der Waals surface area (Å²) in [4.78, 5) is 82.4. The van der Waals surface area contributed by atoms with E-state index in [1.165, 1.54) is 12.1 Å². The predicted molar refractivity (Wildman–Crippen MR) is 130 cm³/mol. The van der Waals surface area contributed by atoms with Crippen LogP contribution in [0.1, 0.15) is 33.3 Å². The first-order valence-electron chi connectivity index (χ1n) is 11.9. The number of phenolic OH excluding ortho intramolecular Hbond substituents is 1. The SMILES string of the molecule is CC(=O)OC[C@H]1O[C@@H](Oc2ccc(C=C3C(=O)NC(=O)NC3=O)cc2O)[C@H](OC(C)=O)[C@@H](OC(C)=O)[C@@H]1OC(C)=O. The maximum absolute atomic E-state index is 12.0. The third-order valence-electron chi connectivity index (χ3n) is 5.43. The molecule has 3 N–H and O–H groups in total. The number of ether oxygens (including phenoxy) is 6. The Morgan fingerprint density at radius 1 is 0.854 bits per heavy atom. The molecule has 0 saturated carbocycles. The molecule has 16 nitrogen and oxygen atoms in total. The van der Waals surface area contributed by atoms with Crippen LogP contribution < -0.4 is 15.4 Å². The van der Waals surface area contributed by atoms with Crippen LogP contribution in [0.5, 0.6) is 11.5 Å². The van der Waals surface area contributed by atoms with E-state index >= 15 is 0 Å². The first-order chi connectivity index (χ1) is 19.2. The monoisotopic (exact) mass is 578 g/mol. The summed E-state index contributed by atoms with van der Waals surface area (Å²) in [5, 5.41) is 14.4. The Bertz CT molecular complexity index is 1280. The highest BCUT2D eigenvalue weighted by Gasteiger charge is 2.53. The van der Waals surface area contributed by atoms with Gasteiger partial charge in [-0.2, -0.15) is 0 Å². The van der Waals surface area contributed by atoms with Crippen molar-refractivity contribution < 1.29 is 67.1 Å². The second-order valence-electron chi connectivity index (χ2n) is 8.71. The molecule has 0 spiro atoms. The molecule has 2 aliphatic rings. The van der Waals surface area contributed by atoms with Gasteiger partial charge in [-0.25, -0.2) is 4.79 Å². The van der Waals surface area contributed by atoms with Crippen molar-refractivity contribution in [3.05, 3.63) is 29.3 Å². The minimum absolute atomic E-state index is 0.158. The molecule has 1 aromatic carbocycles. The summed E-state index contributed by atoms with van der Waals surface area (Å²) in [5.74, 6) is -5.87. The zero-order valence-electron chi connectivity index (χ0n) is 22.2. The van der Waals surface area contributed by atoms with Crippen molar-refractivity contribution in [2.75, 3.05) is 6.61 Å². The number of benzene rings is 1. The number of carbonyl (C=O) groups is 7. The molecule has 0 radical (unpaired) electrons. The number of aromatic hydroxyl groups is 1. The van der Waals surface area contributed by atoms with Crippen molar-refractivity contribution >= 4 is 47.8 Å². The Hall–Kier alpha value is -4.99. The predicted octanol–water partition coefficient (Wildman–Crippen LogP) is -0.396. The zero-order valence-corrected chi connectivity index (χ0v) is 22.2. The molecule has 16 heteroatoms. The van der Waals surface area contributed by atoms with Crippen molar-refractivity contribution in [1.29, 1.82) is 0 Å². The molecule has 0 bridgehead atoms. The lowest BCUT2D eigenvalue weighted by atomic mass is 9.98. The lowest BCUT2D eigenvalue weighted by molar-refractivity contribution is -0.288. The first-order valence-corrected chi connectivity index (χ1v) is 11.9. The molecule has 2 heterocycles. The molecule has 0 unspecified atom stereocenters. The van der Waals surface area contributed by atoms with Gasteiger partial charge in [-0.3, -0.25) is 39.4 Å². The van der Waals surface area contributed by atoms with Crippen molar-refractivity contribution in [1.82, 2.24) is 10.6 Å². The van der Waals surface area contributed by atoms with E-state index in [0.29, 0.717) is 0 Å². The van der Waals surface area contributed by atoms with E-state index in [1.54, 1.807) is 0 Å². The Morgan fingerprint density at radius 3 is 1.95 bits per heavy atom. The van der Waals surface area contributed by atoms with Crippen LogP contribution in [0.3, 0.4) is 0 Å². The van der Waals surface area contributed by atoms with Crippen molar-refractivity contribution in [3.63, 3.8) is 0 Å². The third kappa shape index (κ3) is 8.01. The molecule has 5 atom stereocenters. The molecule has 0 aromatic heterocycles. The van der Waals surface area contributed by atoms with E-state index in [0.717, 1.165) is 39.8 Å². The summed E-state index contributed by atoms with van der Waals surface area (Å²) in [6.07, 6.45) is -6.20. The van der Waals surface area contributed by atoms with Crippen LogP contribution in [-0.2, 0) is 52.5 Å². The molecule has 4 amide bonds. The summed E-state index contributed by atoms with van der Waals surface area (Å²) in [7, 11) is 0. The van der Waals surface area contributed by atoms with Gasteiger partial charge in [-0.05, 0) is 23.8 Å². The molecule has 220 valence electrons. The maximum Gasteiger partial charge on any atom is 0.328 e. The number of urea groups is 1. The zero-order chi connectivity index (χ0) is 30.4. The van der Waals surface area contributed by atoms with Crippen LogP contribution >= 0.6 is 0 Å². The Balaban J connectivity index is 1.96. The second kappa shape index (κ2) is 12.9. The number of imide groups is 2. The standard InChI is InChI=1S/C25H26N2O14/c1-10(28)36-9-18-19(37-11(2)29)20(38-12(3)30)21(39-13(4)31)24(41-18)40-17-6-5-14(8-16(17)32)7-15-22(33)26-25(35)27-23(15)34/h5-8,18-21,24,32H,9H2,1-4H3,(H2,26,27,33,34,35)/t18-,19-,20+,21-,24-/m1/s1. The van der Waals surface area contributed by atoms with Crippen molar-refractivity contribution in [3.8, 4) is 11.5 Å². The van der Waals surface area contributed by atoms with Gasteiger partial charge in [-0.1, -0.05) is 6.07 Å². The van der Waals surface area contributed by atoms with E-state index in [9.17, 15) is 38.7 Å². The van der Waals surface area contributed by atoms with Crippen LogP contribution in [0.15, 0.2) is 23.8 Å². The van der Waals surface area contributed by atoms with Gasteiger partial charge in [0.25, 0.3) is 11.8 Å². The van der Waals surface area contributed by atoms with E-state index < -0.39 is 90.4 Å². The fourth-order valence-corrected chi connectivity index (χ4v) is 3.91. The first kappa shape index (κ1) is 30.6. The van der Waals surface area contributed by atoms with Crippen LogP contribution in [0.4, 0.5) is 4.79 Å². The Kier molecular flexibility index (Phi) is 9.62. The van der Waals surface area contributed by atoms with Gasteiger partial charge in [-0.15, -0.1) is 0 Å². The fraction of sp³-hybridized carbons (Fsp3) is 0.400. The van der Waals surface area contributed by atoms with Crippen molar-refractivity contribution in [2.24, 2.45) is 0 Å². The van der Waals surface area contributed by atoms with Crippen LogP contribution in [-0.4, -0.2) is 84.1 Å². The van der Waals surface area contributed by atoms with E-state index in [4.69, 9.17) is 28.4 Å². The van der Waals surface area contributed by atoms with E-state index in [1.807, 2.05) is 10.6 Å². The normalized spacial score (nSPS) is 23.9. The molecule has 2 saturated heterocycles. The quantitative estimate of drug-likeness (QED) is 0.155. The highest BCUT2D eigenvalue weighted by atomic mass is 16.7. The van der Waals surface area contributed by atoms with Gasteiger partial charge in [0.2, 0.25) is 12.4 Å². The number of esters is 4. The van der Waals surface area contributed by atoms with Crippen molar-refractivity contribution in [2.45, 2.75) is 58.4 Å². The molecule has 2 fully saturated rings. The topological polar surface area (TPSA) is 219 Å². The van der Waals surface area contributed by atoms with E-state index in [2.05, 4.69) is 0 Å². The van der Waals surface area contributed by atoms with Crippen LogP contribution in [0.2, 0.25) is 0 Å². The van der Waals surface area contributed by atoms with Crippen LogP contribution in [0.25, 0.3) is 6.08 Å². The molecule has 41 heavy (non-hydrogen) atoms. The van der Waals surface area contributed by atoms with Gasteiger partial charge < -0.3 is 33.5 Å². The number of hydrogen-bond donors (Lipinski definition) is 3. The molecular weight excluding hydrogens is 552 g/mol. The lowest BCUT2D eigenvalue weighted by Gasteiger charge is -2.43. The van der Waals surface area contributed by atoms with Gasteiger partial charge in [0, 0.05) is 27.7 Å². The largest absolute Gasteiger partial charge is 0.504 e. The smallest absolute Gasteiger partial charge is 0.328 e. The third-order valence-corrected chi connectivity index (χ3v) is 5.43. The Morgan fingerprint density at radius 2 is 1.41 bits per heavy atom. The average Bonchev–Trinajstić information content (AvgIpc) is 2.84. The number of hydrogen-bond acceptors (Lipinski definition) is 14. The van der Waals surface area contributed by atoms with Gasteiger partial charge in [0.15, 0.2) is 23.7 Å². The molecule has 3 rings (SSSR count).